The minimum Gasteiger partial charge on any atom is -0.472 e. The predicted molar refractivity (Wildman–Crippen MR) is 103 cm³/mol. The van der Waals surface area contributed by atoms with E-state index in [1.807, 2.05) is 13.8 Å². The van der Waals surface area contributed by atoms with E-state index in [0.717, 1.165) is 0 Å². The molecule has 8 heteroatoms. The Kier molecular flexibility index (Phi) is 5.07. The lowest BCUT2D eigenvalue weighted by molar-refractivity contribution is -0.200. The smallest absolute Gasteiger partial charge is 0.334 e. The van der Waals surface area contributed by atoms with E-state index in [0.29, 0.717) is 17.6 Å². The molecule has 4 rings (SSSR count). The largest absolute Gasteiger partial charge is 0.472 e. The first-order valence-corrected chi connectivity index (χ1v) is 10.2. The van der Waals surface area contributed by atoms with Gasteiger partial charge in [-0.2, -0.15) is 0 Å². The molecule has 8 nitrogen and oxygen atoms in total. The molecule has 1 unspecified atom stereocenters. The highest BCUT2D eigenvalue weighted by molar-refractivity contribution is 5.93. The maximum absolute atomic E-state index is 12.5. The van der Waals surface area contributed by atoms with Gasteiger partial charge >= 0.3 is 11.9 Å². The molecule has 0 radical (unpaired) electrons. The Balaban J connectivity index is 1.82. The Bertz CT molecular complexity index is 860. The van der Waals surface area contributed by atoms with Crippen molar-refractivity contribution in [3.63, 3.8) is 0 Å². The molecule has 3 aliphatic rings. The Morgan fingerprint density at radius 3 is 2.77 bits per heavy atom. The Hall–Kier alpha value is -2.16. The SMILES string of the molecule is CC(=O)O[C@@H]1C[C@@]23COC(=O)C2=C[C@@H](O)[C@H](O)[C@@H]3[C@@](C)(CC(O)c2ccoc2)[C@H]1C. The molecule has 0 bridgehead atoms. The number of cyclic esters (lactones) is 1. The van der Waals surface area contributed by atoms with Gasteiger partial charge in [0.15, 0.2) is 0 Å². The van der Waals surface area contributed by atoms with E-state index in [9.17, 15) is 24.9 Å². The van der Waals surface area contributed by atoms with E-state index in [-0.39, 0.29) is 18.9 Å². The summed E-state index contributed by atoms with van der Waals surface area (Å²) in [6.45, 7) is 5.19. The molecular formula is C22H28O8. The van der Waals surface area contributed by atoms with Crippen molar-refractivity contribution >= 4 is 11.9 Å². The molecule has 8 atom stereocenters. The third-order valence-corrected chi connectivity index (χ3v) is 7.59. The van der Waals surface area contributed by atoms with Gasteiger partial charge in [0.2, 0.25) is 0 Å². The number of aliphatic hydroxyl groups excluding tert-OH is 3. The summed E-state index contributed by atoms with van der Waals surface area (Å²) in [5.41, 5.74) is -0.804. The van der Waals surface area contributed by atoms with Gasteiger partial charge in [-0.05, 0) is 36.3 Å². The third-order valence-electron chi connectivity index (χ3n) is 7.59. The first kappa shape index (κ1) is 21.1. The summed E-state index contributed by atoms with van der Waals surface area (Å²) >= 11 is 0. The molecule has 2 aliphatic carbocycles. The average Bonchev–Trinajstić information content (AvgIpc) is 3.30. The van der Waals surface area contributed by atoms with Crippen molar-refractivity contribution in [2.24, 2.45) is 22.7 Å². The summed E-state index contributed by atoms with van der Waals surface area (Å²) in [7, 11) is 0. The van der Waals surface area contributed by atoms with Crippen LogP contribution in [-0.4, -0.2) is 52.2 Å². The van der Waals surface area contributed by atoms with Crippen LogP contribution in [-0.2, 0) is 19.1 Å². The van der Waals surface area contributed by atoms with Crippen LogP contribution < -0.4 is 0 Å². The number of furan rings is 1. The van der Waals surface area contributed by atoms with E-state index in [2.05, 4.69) is 0 Å². The number of ether oxygens (including phenoxy) is 2. The zero-order valence-corrected chi connectivity index (χ0v) is 17.3. The van der Waals surface area contributed by atoms with E-state index in [1.54, 1.807) is 6.07 Å². The molecule has 0 amide bonds. The van der Waals surface area contributed by atoms with E-state index < -0.39 is 53.1 Å². The monoisotopic (exact) mass is 420 g/mol. The summed E-state index contributed by atoms with van der Waals surface area (Å²) in [6, 6.07) is 1.67. The zero-order valence-electron chi connectivity index (χ0n) is 17.3. The van der Waals surface area contributed by atoms with Gasteiger partial charge in [0.25, 0.3) is 0 Å². The minimum atomic E-state index is -1.23. The molecule has 2 heterocycles. The standard InChI is InChI=1S/C22H28O8/c1-11-17(30-12(2)23)8-22-10-29-20(27)14(22)6-15(24)18(26)19(22)21(11,3)7-16(25)13-4-5-28-9-13/h4-6,9,11,15-19,24-26H,7-8,10H2,1-3H3/t11-,15+,16?,17+,18-,19+,21-,22+/m0/s1. The lowest BCUT2D eigenvalue weighted by Crippen LogP contribution is -2.63. The second-order valence-corrected chi connectivity index (χ2v) is 9.19. The number of esters is 2. The van der Waals surface area contributed by atoms with Gasteiger partial charge in [0.1, 0.15) is 12.7 Å². The van der Waals surface area contributed by atoms with Crippen LogP contribution >= 0.6 is 0 Å². The Morgan fingerprint density at radius 2 is 2.13 bits per heavy atom. The van der Waals surface area contributed by atoms with Crippen LogP contribution in [0.2, 0.25) is 0 Å². The van der Waals surface area contributed by atoms with Crippen LogP contribution in [0, 0.1) is 22.7 Å². The maximum atomic E-state index is 12.5. The lowest BCUT2D eigenvalue weighted by Gasteiger charge is -2.60. The van der Waals surface area contributed by atoms with E-state index >= 15 is 0 Å². The summed E-state index contributed by atoms with van der Waals surface area (Å²) < 4.78 is 16.1. The van der Waals surface area contributed by atoms with Crippen molar-refractivity contribution in [1.82, 2.24) is 0 Å². The fourth-order valence-corrected chi connectivity index (χ4v) is 6.07. The van der Waals surface area contributed by atoms with Gasteiger partial charge < -0.3 is 29.2 Å². The molecule has 1 saturated heterocycles. The predicted octanol–water partition coefficient (Wildman–Crippen LogP) is 1.50. The Labute approximate surface area is 174 Å². The second-order valence-electron chi connectivity index (χ2n) is 9.19. The highest BCUT2D eigenvalue weighted by Gasteiger charge is 2.68. The van der Waals surface area contributed by atoms with Crippen molar-refractivity contribution in [3.05, 3.63) is 35.8 Å². The molecule has 3 N–H and O–H groups in total. The van der Waals surface area contributed by atoms with Gasteiger partial charge in [0, 0.05) is 29.4 Å². The van der Waals surface area contributed by atoms with Gasteiger partial charge in [-0.3, -0.25) is 4.79 Å². The molecule has 164 valence electrons. The van der Waals surface area contributed by atoms with Gasteiger partial charge in [-0.1, -0.05) is 13.8 Å². The van der Waals surface area contributed by atoms with E-state index in [4.69, 9.17) is 13.9 Å². The molecule has 2 fully saturated rings. The van der Waals surface area contributed by atoms with Crippen LogP contribution in [0.15, 0.2) is 34.7 Å². The quantitative estimate of drug-likeness (QED) is 0.626. The highest BCUT2D eigenvalue weighted by atomic mass is 16.5. The molecule has 1 aromatic rings. The van der Waals surface area contributed by atoms with Crippen molar-refractivity contribution in [2.45, 2.75) is 58.0 Å². The first-order chi connectivity index (χ1) is 14.1. The van der Waals surface area contributed by atoms with E-state index in [1.165, 1.54) is 25.5 Å². The number of hydrogen-bond acceptors (Lipinski definition) is 8. The zero-order chi connectivity index (χ0) is 21.8. The minimum absolute atomic E-state index is 0.0357. The topological polar surface area (TPSA) is 126 Å². The maximum Gasteiger partial charge on any atom is 0.334 e. The van der Waals surface area contributed by atoms with Crippen LogP contribution in [0.1, 0.15) is 45.3 Å². The number of hydrogen-bond donors (Lipinski definition) is 3. The lowest BCUT2D eigenvalue weighted by atomic mass is 9.45. The fraction of sp³-hybridized carbons (Fsp3) is 0.636. The second kappa shape index (κ2) is 7.21. The highest BCUT2D eigenvalue weighted by Crippen LogP contribution is 2.65. The first-order valence-electron chi connectivity index (χ1n) is 10.2. The molecular weight excluding hydrogens is 392 g/mol. The van der Waals surface area contributed by atoms with Crippen LogP contribution in [0.4, 0.5) is 0 Å². The van der Waals surface area contributed by atoms with Gasteiger partial charge in [-0.15, -0.1) is 0 Å². The van der Waals surface area contributed by atoms with Gasteiger partial charge in [-0.25, -0.2) is 4.79 Å². The van der Waals surface area contributed by atoms with Crippen LogP contribution in [0.25, 0.3) is 0 Å². The number of carbonyl (C=O) groups is 2. The normalized spacial score (nSPS) is 41.3. The number of aliphatic hydroxyl groups is 3. The molecule has 1 spiro atoms. The number of rotatable bonds is 4. The Morgan fingerprint density at radius 1 is 1.40 bits per heavy atom. The van der Waals surface area contributed by atoms with Crippen LogP contribution in [0.5, 0.6) is 0 Å². The molecule has 1 saturated carbocycles. The summed E-state index contributed by atoms with van der Waals surface area (Å²) in [5.74, 6) is -1.82. The number of carbonyl (C=O) groups excluding carboxylic acids is 2. The van der Waals surface area contributed by atoms with Gasteiger partial charge in [0.05, 0.1) is 30.8 Å². The van der Waals surface area contributed by atoms with Crippen molar-refractivity contribution < 1.29 is 38.8 Å². The molecule has 30 heavy (non-hydrogen) atoms. The molecule has 1 aliphatic heterocycles. The summed E-state index contributed by atoms with van der Waals surface area (Å²) in [6.07, 6.45) is 0.974. The fourth-order valence-electron chi connectivity index (χ4n) is 6.07. The van der Waals surface area contributed by atoms with Crippen molar-refractivity contribution in [1.29, 1.82) is 0 Å². The molecule has 1 aromatic heterocycles. The van der Waals surface area contributed by atoms with Crippen LogP contribution in [0.3, 0.4) is 0 Å². The summed E-state index contributed by atoms with van der Waals surface area (Å²) in [4.78, 5) is 24.3. The van der Waals surface area contributed by atoms with Crippen molar-refractivity contribution in [2.75, 3.05) is 6.61 Å². The summed E-state index contributed by atoms with van der Waals surface area (Å²) in [5, 5.41) is 32.5. The van der Waals surface area contributed by atoms with Crippen molar-refractivity contribution in [3.8, 4) is 0 Å². The third kappa shape index (κ3) is 3.01. The average molecular weight is 420 g/mol. The molecule has 0 aromatic carbocycles.